The zero-order valence-electron chi connectivity index (χ0n) is 20.8. The van der Waals surface area contributed by atoms with Gasteiger partial charge in [0.25, 0.3) is 5.69 Å². The van der Waals surface area contributed by atoms with Gasteiger partial charge in [-0.3, -0.25) is 14.9 Å². The lowest BCUT2D eigenvalue weighted by Gasteiger charge is -2.32. The molecule has 1 amide bonds. The number of halogens is 1. The first kappa shape index (κ1) is 30.5. The summed E-state index contributed by atoms with van der Waals surface area (Å²) in [7, 11) is -6.48. The van der Waals surface area contributed by atoms with E-state index in [4.69, 9.17) is 0 Å². The highest BCUT2D eigenvalue weighted by Crippen LogP contribution is 2.27. The van der Waals surface area contributed by atoms with Gasteiger partial charge in [0.15, 0.2) is 0 Å². The molecule has 0 saturated carbocycles. The summed E-state index contributed by atoms with van der Waals surface area (Å²) in [5, 5.41) is 11.3. The number of amides is 1. The molecule has 14 heteroatoms. The van der Waals surface area contributed by atoms with Crippen molar-refractivity contribution in [3.8, 4) is 0 Å². The van der Waals surface area contributed by atoms with Gasteiger partial charge in [0.05, 0.1) is 35.6 Å². The molecule has 1 atom stereocenters. The molecule has 204 valence electrons. The van der Waals surface area contributed by atoms with E-state index in [9.17, 15) is 31.7 Å². The third kappa shape index (κ3) is 7.87. The summed E-state index contributed by atoms with van der Waals surface area (Å²) in [6, 6.07) is 11.6. The molecule has 37 heavy (non-hydrogen) atoms. The van der Waals surface area contributed by atoms with E-state index in [0.717, 1.165) is 38.4 Å². The Morgan fingerprint density at radius 3 is 2.11 bits per heavy atom. The van der Waals surface area contributed by atoms with E-state index < -0.39 is 31.0 Å². The Kier molecular flexibility index (Phi) is 10.1. The fourth-order valence-electron chi connectivity index (χ4n) is 4.34. The maximum atomic E-state index is 13.2. The van der Waals surface area contributed by atoms with Crippen LogP contribution in [-0.4, -0.2) is 76.7 Å². The lowest BCUT2D eigenvalue weighted by atomic mass is 10.0. The lowest BCUT2D eigenvalue weighted by Crippen LogP contribution is -2.39. The lowest BCUT2D eigenvalue weighted by molar-refractivity contribution is -0.385. The average Bonchev–Trinajstić information content (AvgIpc) is 3.30. The molecule has 0 spiro atoms. The van der Waals surface area contributed by atoms with Gasteiger partial charge in [-0.25, -0.2) is 16.8 Å². The molecule has 2 aromatic rings. The summed E-state index contributed by atoms with van der Waals surface area (Å²) in [4.78, 5) is 27.9. The SMILES string of the molecule is CN(C(=O)Cc1ccc(N(S(C)(=O)=O)S(C)(=O)=O)cc1)[C@H](CN1CCCC1)c1cccc([N+](=O)[O-])c1.Cl. The molecule has 0 aliphatic carbocycles. The number of non-ortho nitro benzene ring substituents is 1. The highest BCUT2D eigenvalue weighted by molar-refractivity contribution is 8.09. The number of rotatable bonds is 10. The molecule has 0 unspecified atom stereocenters. The summed E-state index contributed by atoms with van der Waals surface area (Å²) in [5.41, 5.74) is 1.14. The van der Waals surface area contributed by atoms with Gasteiger partial charge >= 0.3 is 0 Å². The van der Waals surface area contributed by atoms with Crippen molar-refractivity contribution >= 4 is 49.7 Å². The van der Waals surface area contributed by atoms with Crippen LogP contribution in [0.5, 0.6) is 0 Å². The number of nitro groups is 1. The zero-order valence-corrected chi connectivity index (χ0v) is 23.3. The van der Waals surface area contributed by atoms with E-state index in [1.54, 1.807) is 24.1 Å². The second-order valence-electron chi connectivity index (χ2n) is 8.95. The van der Waals surface area contributed by atoms with Crippen LogP contribution in [0.15, 0.2) is 48.5 Å². The van der Waals surface area contributed by atoms with Gasteiger partial charge in [-0.05, 0) is 49.2 Å². The molecule has 0 bridgehead atoms. The maximum absolute atomic E-state index is 13.2. The molecule has 1 heterocycles. The van der Waals surface area contributed by atoms with Crippen molar-refractivity contribution in [2.24, 2.45) is 0 Å². The first-order valence-corrected chi connectivity index (χ1v) is 15.0. The Labute approximate surface area is 223 Å². The van der Waals surface area contributed by atoms with Crippen molar-refractivity contribution < 1.29 is 26.6 Å². The molecule has 11 nitrogen and oxygen atoms in total. The normalized spacial score (nSPS) is 15.0. The summed E-state index contributed by atoms with van der Waals surface area (Å²) < 4.78 is 48.3. The van der Waals surface area contributed by atoms with Crippen LogP contribution in [0.2, 0.25) is 0 Å². The number of benzene rings is 2. The van der Waals surface area contributed by atoms with Crippen LogP contribution < -0.4 is 3.71 Å². The van der Waals surface area contributed by atoms with Crippen LogP contribution in [-0.2, 0) is 31.3 Å². The second-order valence-corrected chi connectivity index (χ2v) is 12.8. The molecule has 1 fully saturated rings. The molecule has 1 saturated heterocycles. The molecule has 0 aromatic heterocycles. The number of likely N-dealkylation sites (N-methyl/N-ethyl adjacent to an activating group) is 1. The predicted octanol–water partition coefficient (Wildman–Crippen LogP) is 2.58. The fraction of sp³-hybridized carbons (Fsp3) is 0.435. The van der Waals surface area contributed by atoms with Gasteiger partial charge in [-0.1, -0.05) is 24.3 Å². The van der Waals surface area contributed by atoms with Gasteiger partial charge < -0.3 is 9.80 Å². The van der Waals surface area contributed by atoms with Gasteiger partial charge in [0, 0.05) is 25.7 Å². The van der Waals surface area contributed by atoms with Gasteiger partial charge in [0.2, 0.25) is 26.0 Å². The van der Waals surface area contributed by atoms with E-state index >= 15 is 0 Å². The van der Waals surface area contributed by atoms with Crippen LogP contribution in [0, 0.1) is 10.1 Å². The summed E-state index contributed by atoms with van der Waals surface area (Å²) in [6.07, 6.45) is 3.71. The minimum Gasteiger partial charge on any atom is -0.337 e. The highest BCUT2D eigenvalue weighted by atomic mass is 35.5. The smallest absolute Gasteiger partial charge is 0.269 e. The Bertz CT molecular complexity index is 1300. The van der Waals surface area contributed by atoms with Crippen LogP contribution in [0.3, 0.4) is 0 Å². The molecule has 1 aliphatic heterocycles. The van der Waals surface area contributed by atoms with E-state index in [1.807, 2.05) is 0 Å². The monoisotopic (exact) mass is 574 g/mol. The number of carbonyl (C=O) groups is 1. The quantitative estimate of drug-likeness (QED) is 0.312. The number of likely N-dealkylation sites (tertiary alicyclic amines) is 1. The van der Waals surface area contributed by atoms with Crippen LogP contribution in [0.1, 0.15) is 30.0 Å². The third-order valence-corrected chi connectivity index (χ3v) is 9.31. The second kappa shape index (κ2) is 12.2. The molecular formula is C23H31ClN4O7S2. The Morgan fingerprint density at radius 1 is 1.03 bits per heavy atom. The average molecular weight is 575 g/mol. The van der Waals surface area contributed by atoms with E-state index in [1.165, 1.54) is 36.4 Å². The molecular weight excluding hydrogens is 544 g/mol. The number of hydrogen-bond donors (Lipinski definition) is 0. The van der Waals surface area contributed by atoms with Crippen molar-refractivity contribution in [3.63, 3.8) is 0 Å². The third-order valence-electron chi connectivity index (χ3n) is 6.06. The zero-order chi connectivity index (χ0) is 26.7. The summed E-state index contributed by atoms with van der Waals surface area (Å²) >= 11 is 0. The Hall–Kier alpha value is -2.74. The molecule has 2 aromatic carbocycles. The highest BCUT2D eigenvalue weighted by Gasteiger charge is 2.29. The maximum Gasteiger partial charge on any atom is 0.269 e. The number of nitrogens with zero attached hydrogens (tertiary/aromatic N) is 4. The first-order chi connectivity index (χ1) is 16.8. The molecule has 1 aliphatic rings. The summed E-state index contributed by atoms with van der Waals surface area (Å²) in [6.45, 7) is 2.33. The van der Waals surface area contributed by atoms with Crippen molar-refractivity contribution in [2.75, 3.05) is 42.9 Å². The van der Waals surface area contributed by atoms with Crippen LogP contribution in [0.4, 0.5) is 11.4 Å². The number of nitro benzene ring substituents is 1. The molecule has 0 N–H and O–H groups in total. The van der Waals surface area contributed by atoms with Crippen molar-refractivity contribution in [1.29, 1.82) is 0 Å². The van der Waals surface area contributed by atoms with Crippen LogP contribution >= 0.6 is 12.4 Å². The fourth-order valence-corrected chi connectivity index (χ4v) is 7.32. The van der Waals surface area contributed by atoms with Gasteiger partial charge in [0.1, 0.15) is 0 Å². The number of carbonyl (C=O) groups excluding carboxylic acids is 1. The number of anilines is 1. The Balaban J connectivity index is 0.00000481. The van der Waals surface area contributed by atoms with Crippen molar-refractivity contribution in [3.05, 3.63) is 69.8 Å². The largest absolute Gasteiger partial charge is 0.337 e. The van der Waals surface area contributed by atoms with E-state index in [2.05, 4.69) is 4.90 Å². The minimum atomic E-state index is -4.07. The molecule has 3 rings (SSSR count). The van der Waals surface area contributed by atoms with Crippen molar-refractivity contribution in [2.45, 2.75) is 25.3 Å². The van der Waals surface area contributed by atoms with Crippen molar-refractivity contribution in [1.82, 2.24) is 9.80 Å². The van der Waals surface area contributed by atoms with E-state index in [0.29, 0.717) is 21.4 Å². The standard InChI is InChI=1S/C23H30N4O7S2.ClH/c1-24(22(17-25-13-4-5-14-25)19-7-6-8-21(16-19)26(29)30)23(28)15-18-9-11-20(12-10-18)27(35(2,31)32)36(3,33)34;/h6-12,16,22H,4-5,13-15,17H2,1-3H3;1H/t22-;/m1./s1. The van der Waals surface area contributed by atoms with Gasteiger partial charge in [-0.15, -0.1) is 12.4 Å². The first-order valence-electron chi connectivity index (χ1n) is 11.3. The number of sulfonamides is 2. The van der Waals surface area contributed by atoms with Gasteiger partial charge in [-0.2, -0.15) is 3.71 Å². The predicted molar refractivity (Wildman–Crippen MR) is 144 cm³/mol. The minimum absolute atomic E-state index is 0. The molecule has 0 radical (unpaired) electrons. The van der Waals surface area contributed by atoms with Crippen LogP contribution in [0.25, 0.3) is 0 Å². The topological polar surface area (TPSA) is 138 Å². The summed E-state index contributed by atoms with van der Waals surface area (Å²) in [5.74, 6) is -0.235. The Morgan fingerprint density at radius 2 is 1.59 bits per heavy atom. The van der Waals surface area contributed by atoms with E-state index in [-0.39, 0.29) is 36.1 Å². The number of hydrogen-bond acceptors (Lipinski definition) is 8.